The molecule has 3 aromatic rings. The van der Waals surface area contributed by atoms with Gasteiger partial charge in [0.15, 0.2) is 11.5 Å². The van der Waals surface area contributed by atoms with Gasteiger partial charge in [-0.3, -0.25) is 4.79 Å². The second kappa shape index (κ2) is 5.75. The van der Waals surface area contributed by atoms with Crippen molar-refractivity contribution in [2.75, 3.05) is 5.32 Å². The smallest absolute Gasteiger partial charge is 0.225 e. The molecule has 5 heteroatoms. The molecule has 0 bridgehead atoms. The summed E-state index contributed by atoms with van der Waals surface area (Å²) in [5, 5.41) is 9.38. The number of nitrogens with one attached hydrogen (secondary N) is 1. The molecule has 22 heavy (non-hydrogen) atoms. The molecule has 0 aliphatic carbocycles. The Morgan fingerprint density at radius 2 is 2.09 bits per heavy atom. The van der Waals surface area contributed by atoms with Gasteiger partial charge in [-0.2, -0.15) is 5.10 Å². The van der Waals surface area contributed by atoms with E-state index in [9.17, 15) is 4.79 Å². The van der Waals surface area contributed by atoms with Crippen LogP contribution in [0.5, 0.6) is 0 Å². The number of fused-ring (bicyclic) bond motifs is 2. The van der Waals surface area contributed by atoms with Crippen LogP contribution in [-0.4, -0.2) is 20.7 Å². The van der Waals surface area contributed by atoms with Gasteiger partial charge in [0, 0.05) is 18.4 Å². The number of benzene rings is 1. The summed E-state index contributed by atoms with van der Waals surface area (Å²) >= 11 is 0. The predicted molar refractivity (Wildman–Crippen MR) is 89.0 cm³/mol. The minimum absolute atomic E-state index is 0.0348. The van der Waals surface area contributed by atoms with Gasteiger partial charge in [-0.05, 0) is 31.5 Å². The first kappa shape index (κ1) is 14.5. The van der Waals surface area contributed by atoms with Crippen LogP contribution in [-0.2, 0) is 11.3 Å². The van der Waals surface area contributed by atoms with E-state index in [1.807, 2.05) is 17.7 Å². The van der Waals surface area contributed by atoms with E-state index in [4.69, 9.17) is 4.98 Å². The molecule has 2 heterocycles. The van der Waals surface area contributed by atoms with Crippen molar-refractivity contribution in [2.45, 2.75) is 40.2 Å². The average Bonchev–Trinajstić information content (AvgIpc) is 2.82. The van der Waals surface area contributed by atoms with Gasteiger partial charge < -0.3 is 5.32 Å². The van der Waals surface area contributed by atoms with Crippen LogP contribution in [0.4, 0.5) is 5.82 Å². The van der Waals surface area contributed by atoms with Gasteiger partial charge in [-0.15, -0.1) is 0 Å². The van der Waals surface area contributed by atoms with E-state index in [0.717, 1.165) is 34.9 Å². The minimum Gasteiger partial charge on any atom is -0.309 e. The van der Waals surface area contributed by atoms with Crippen molar-refractivity contribution < 1.29 is 4.79 Å². The number of carbonyl (C=O) groups excluding carboxylic acids is 1. The molecule has 114 valence electrons. The lowest BCUT2D eigenvalue weighted by Crippen LogP contribution is -2.10. The van der Waals surface area contributed by atoms with Crippen LogP contribution in [0.1, 0.15) is 32.3 Å². The van der Waals surface area contributed by atoms with Crippen LogP contribution >= 0.6 is 0 Å². The second-order valence-electron chi connectivity index (χ2n) is 5.53. The molecule has 3 rings (SSSR count). The van der Waals surface area contributed by atoms with Crippen molar-refractivity contribution in [3.05, 3.63) is 29.8 Å². The lowest BCUT2D eigenvalue weighted by Gasteiger charge is -2.02. The van der Waals surface area contributed by atoms with Crippen LogP contribution in [0.2, 0.25) is 0 Å². The van der Waals surface area contributed by atoms with E-state index < -0.39 is 0 Å². The number of nitrogens with zero attached hydrogens (tertiary/aromatic N) is 3. The maximum absolute atomic E-state index is 11.7. The summed E-state index contributed by atoms with van der Waals surface area (Å²) in [6.45, 7) is 6.77. The summed E-state index contributed by atoms with van der Waals surface area (Å²) in [6.07, 6.45) is 1.40. The third-order valence-electron chi connectivity index (χ3n) is 3.68. The predicted octanol–water partition coefficient (Wildman–Crippen LogP) is 3.65. The molecule has 0 spiro atoms. The summed E-state index contributed by atoms with van der Waals surface area (Å²) in [4.78, 5) is 16.5. The van der Waals surface area contributed by atoms with Crippen molar-refractivity contribution in [1.29, 1.82) is 0 Å². The zero-order valence-corrected chi connectivity index (χ0v) is 13.2. The molecular formula is C17H20N4O. The van der Waals surface area contributed by atoms with Crippen molar-refractivity contribution in [1.82, 2.24) is 14.8 Å². The molecule has 1 aromatic carbocycles. The van der Waals surface area contributed by atoms with Gasteiger partial charge >= 0.3 is 0 Å². The fourth-order valence-electron chi connectivity index (χ4n) is 2.56. The molecule has 0 saturated heterocycles. The molecule has 1 amide bonds. The zero-order valence-electron chi connectivity index (χ0n) is 13.2. The number of amides is 1. The van der Waals surface area contributed by atoms with E-state index >= 15 is 0 Å². The lowest BCUT2D eigenvalue weighted by molar-refractivity contribution is -0.115. The Balaban J connectivity index is 2.23. The molecule has 0 saturated carbocycles. The quantitative estimate of drug-likeness (QED) is 0.799. The molecule has 0 fully saturated rings. The Morgan fingerprint density at radius 3 is 2.82 bits per heavy atom. The fourth-order valence-corrected chi connectivity index (χ4v) is 2.56. The molecular weight excluding hydrogens is 276 g/mol. The number of aryl methyl sites for hydroxylation is 2. The highest BCUT2D eigenvalue weighted by Crippen LogP contribution is 2.26. The number of rotatable bonds is 4. The van der Waals surface area contributed by atoms with Crippen LogP contribution in [0.15, 0.2) is 24.3 Å². The summed E-state index contributed by atoms with van der Waals surface area (Å²) in [6, 6.07) is 8.25. The third kappa shape index (κ3) is 2.54. The van der Waals surface area contributed by atoms with Crippen molar-refractivity contribution in [3.63, 3.8) is 0 Å². The van der Waals surface area contributed by atoms with Crippen molar-refractivity contribution in [2.24, 2.45) is 0 Å². The molecule has 0 aliphatic heterocycles. The first-order chi connectivity index (χ1) is 10.6. The van der Waals surface area contributed by atoms with Gasteiger partial charge in [0.05, 0.1) is 10.9 Å². The minimum atomic E-state index is -0.0348. The topological polar surface area (TPSA) is 59.8 Å². The Hall–Kier alpha value is -2.43. The third-order valence-corrected chi connectivity index (χ3v) is 3.68. The monoisotopic (exact) mass is 296 g/mol. The average molecular weight is 296 g/mol. The van der Waals surface area contributed by atoms with Crippen LogP contribution in [0.3, 0.4) is 0 Å². The Morgan fingerprint density at radius 1 is 1.27 bits per heavy atom. The van der Waals surface area contributed by atoms with Crippen molar-refractivity contribution in [3.8, 4) is 0 Å². The van der Waals surface area contributed by atoms with E-state index in [-0.39, 0.29) is 5.91 Å². The maximum Gasteiger partial charge on any atom is 0.225 e. The standard InChI is InChI=1S/C17H20N4O/c1-4-8-21-17-13(16(20-21)19-15(22)5-2)10-12-9-11(3)6-7-14(12)18-17/h6-7,9-10H,4-5,8H2,1-3H3,(H,19,20,22). The number of hydrogen-bond donors (Lipinski definition) is 1. The molecule has 1 N–H and O–H groups in total. The van der Waals surface area contributed by atoms with Gasteiger partial charge in [0.2, 0.25) is 5.91 Å². The summed E-state index contributed by atoms with van der Waals surface area (Å²) < 4.78 is 1.87. The highest BCUT2D eigenvalue weighted by Gasteiger charge is 2.14. The first-order valence-corrected chi connectivity index (χ1v) is 7.70. The molecule has 0 aliphatic rings. The Kier molecular flexibility index (Phi) is 3.79. The van der Waals surface area contributed by atoms with Crippen LogP contribution in [0.25, 0.3) is 21.9 Å². The highest BCUT2D eigenvalue weighted by molar-refractivity contribution is 6.02. The van der Waals surface area contributed by atoms with Gasteiger partial charge in [0.1, 0.15) is 0 Å². The second-order valence-corrected chi connectivity index (χ2v) is 5.53. The summed E-state index contributed by atoms with van der Waals surface area (Å²) in [7, 11) is 0. The van der Waals surface area contributed by atoms with Gasteiger partial charge in [0.25, 0.3) is 0 Å². The Labute approximate surface area is 129 Å². The number of pyridine rings is 1. The zero-order chi connectivity index (χ0) is 15.7. The van der Waals surface area contributed by atoms with E-state index in [1.165, 1.54) is 5.56 Å². The number of anilines is 1. The summed E-state index contributed by atoms with van der Waals surface area (Å²) in [5.41, 5.74) is 2.96. The Bertz CT molecular complexity index is 851. The molecule has 0 radical (unpaired) electrons. The van der Waals surface area contributed by atoms with E-state index in [1.54, 1.807) is 0 Å². The fraction of sp³-hybridized carbons (Fsp3) is 0.353. The summed E-state index contributed by atoms with van der Waals surface area (Å²) in [5.74, 6) is 0.568. The molecule has 5 nitrogen and oxygen atoms in total. The van der Waals surface area contributed by atoms with Gasteiger partial charge in [-0.1, -0.05) is 25.5 Å². The molecule has 0 atom stereocenters. The SMILES string of the molecule is CCCn1nc(NC(=O)CC)c2cc3cc(C)ccc3nc21. The van der Waals surface area contributed by atoms with Crippen LogP contribution in [0, 0.1) is 6.92 Å². The maximum atomic E-state index is 11.7. The number of carbonyl (C=O) groups is 1. The lowest BCUT2D eigenvalue weighted by atomic mass is 10.1. The largest absolute Gasteiger partial charge is 0.309 e. The van der Waals surface area contributed by atoms with Crippen LogP contribution < -0.4 is 5.32 Å². The normalized spacial score (nSPS) is 11.2. The first-order valence-electron chi connectivity index (χ1n) is 7.70. The van der Waals surface area contributed by atoms with Gasteiger partial charge in [-0.25, -0.2) is 9.67 Å². The highest BCUT2D eigenvalue weighted by atomic mass is 16.1. The van der Waals surface area contributed by atoms with E-state index in [0.29, 0.717) is 12.2 Å². The van der Waals surface area contributed by atoms with E-state index in [2.05, 4.69) is 42.5 Å². The number of aromatic nitrogens is 3. The molecule has 0 unspecified atom stereocenters. The van der Waals surface area contributed by atoms with Crippen molar-refractivity contribution >= 4 is 33.7 Å². The number of hydrogen-bond acceptors (Lipinski definition) is 3. The molecule has 2 aromatic heterocycles.